The summed E-state index contributed by atoms with van der Waals surface area (Å²) in [5.74, 6) is 1.08. The number of sulfonamides is 1. The minimum atomic E-state index is -3.76. The summed E-state index contributed by atoms with van der Waals surface area (Å²) in [5, 5.41) is 2.91. The Labute approximate surface area is 200 Å². The molecule has 0 aliphatic carbocycles. The minimum Gasteiger partial charge on any atom is -0.493 e. The highest BCUT2D eigenvalue weighted by Gasteiger charge is 2.22. The summed E-state index contributed by atoms with van der Waals surface area (Å²) in [7, 11) is 2.30. The van der Waals surface area contributed by atoms with Gasteiger partial charge in [0.25, 0.3) is 15.9 Å². The molecule has 3 aromatic rings. The summed E-state index contributed by atoms with van der Waals surface area (Å²) in [6.45, 7) is 1.83. The van der Waals surface area contributed by atoms with Crippen LogP contribution in [0.1, 0.15) is 28.9 Å². The van der Waals surface area contributed by atoms with Crippen molar-refractivity contribution in [3.63, 3.8) is 0 Å². The van der Waals surface area contributed by atoms with E-state index in [1.807, 2.05) is 13.0 Å². The summed E-state index contributed by atoms with van der Waals surface area (Å²) in [6.07, 6.45) is 0. The van der Waals surface area contributed by atoms with Crippen molar-refractivity contribution in [2.75, 3.05) is 32.7 Å². The molecule has 1 N–H and O–H groups in total. The second kappa shape index (κ2) is 10.5. The van der Waals surface area contributed by atoms with Gasteiger partial charge in [-0.2, -0.15) is 0 Å². The summed E-state index contributed by atoms with van der Waals surface area (Å²) in [4.78, 5) is 12.9. The molecule has 0 aliphatic heterocycles. The number of hydrogen-bond acceptors (Lipinski definition) is 6. The summed E-state index contributed by atoms with van der Waals surface area (Å²) < 4.78 is 43.2. The number of nitrogens with one attached hydrogen (secondary N) is 1. The monoisotopic (exact) mass is 484 g/mol. The van der Waals surface area contributed by atoms with Crippen molar-refractivity contribution in [1.29, 1.82) is 0 Å². The molecule has 180 valence electrons. The number of carbonyl (C=O) groups is 1. The van der Waals surface area contributed by atoms with Gasteiger partial charge in [-0.1, -0.05) is 18.2 Å². The molecule has 0 fully saturated rings. The highest BCUT2D eigenvalue weighted by molar-refractivity contribution is 7.92. The van der Waals surface area contributed by atoms with Gasteiger partial charge < -0.3 is 19.5 Å². The van der Waals surface area contributed by atoms with Crippen molar-refractivity contribution in [3.8, 4) is 17.2 Å². The number of amides is 1. The third-order valence-corrected chi connectivity index (χ3v) is 7.23. The van der Waals surface area contributed by atoms with E-state index in [2.05, 4.69) is 5.32 Å². The Hall–Kier alpha value is -3.72. The quantitative estimate of drug-likeness (QED) is 0.493. The molecule has 0 bridgehead atoms. The fourth-order valence-corrected chi connectivity index (χ4v) is 4.62. The van der Waals surface area contributed by atoms with E-state index in [9.17, 15) is 13.2 Å². The van der Waals surface area contributed by atoms with Gasteiger partial charge in [-0.15, -0.1) is 0 Å². The molecule has 3 rings (SSSR count). The number of benzene rings is 3. The molecule has 0 spiro atoms. The van der Waals surface area contributed by atoms with Crippen LogP contribution in [0.15, 0.2) is 71.6 Å². The number of methoxy groups -OCH3 is 3. The number of nitrogens with zero attached hydrogens (tertiary/aromatic N) is 1. The molecule has 0 aliphatic rings. The van der Waals surface area contributed by atoms with Gasteiger partial charge in [0.15, 0.2) is 11.5 Å². The van der Waals surface area contributed by atoms with Gasteiger partial charge in [-0.3, -0.25) is 9.10 Å². The van der Waals surface area contributed by atoms with Gasteiger partial charge >= 0.3 is 0 Å². The lowest BCUT2D eigenvalue weighted by Crippen LogP contribution is -2.28. The molecule has 1 amide bonds. The Kier molecular flexibility index (Phi) is 7.68. The van der Waals surface area contributed by atoms with Crippen LogP contribution in [0.5, 0.6) is 17.2 Å². The predicted octanol–water partition coefficient (Wildman–Crippen LogP) is 4.03. The van der Waals surface area contributed by atoms with Crippen LogP contribution in [0.25, 0.3) is 0 Å². The van der Waals surface area contributed by atoms with Crippen LogP contribution < -0.4 is 23.8 Å². The van der Waals surface area contributed by atoms with Crippen LogP contribution in [0.2, 0.25) is 0 Å². The Morgan fingerprint density at radius 1 is 0.882 bits per heavy atom. The van der Waals surface area contributed by atoms with Crippen LogP contribution >= 0.6 is 0 Å². The van der Waals surface area contributed by atoms with E-state index in [0.29, 0.717) is 28.5 Å². The normalized spacial score (nSPS) is 11.9. The highest BCUT2D eigenvalue weighted by Crippen LogP contribution is 2.39. The zero-order valence-corrected chi connectivity index (χ0v) is 20.5. The van der Waals surface area contributed by atoms with E-state index in [-0.39, 0.29) is 16.8 Å². The largest absolute Gasteiger partial charge is 0.493 e. The van der Waals surface area contributed by atoms with E-state index in [1.165, 1.54) is 56.9 Å². The summed E-state index contributed by atoms with van der Waals surface area (Å²) in [6, 6.07) is 17.8. The first-order chi connectivity index (χ1) is 16.2. The van der Waals surface area contributed by atoms with Crippen molar-refractivity contribution in [2.45, 2.75) is 17.9 Å². The fraction of sp³-hybridized carbons (Fsp3) is 0.240. The van der Waals surface area contributed by atoms with Crippen LogP contribution in [0.4, 0.5) is 5.69 Å². The van der Waals surface area contributed by atoms with E-state index >= 15 is 0 Å². The maximum absolute atomic E-state index is 12.9. The summed E-state index contributed by atoms with van der Waals surface area (Å²) in [5.41, 5.74) is 1.63. The van der Waals surface area contributed by atoms with Gasteiger partial charge in [-0.05, 0) is 61.0 Å². The smallest absolute Gasteiger partial charge is 0.264 e. The van der Waals surface area contributed by atoms with Gasteiger partial charge in [0.1, 0.15) is 0 Å². The Morgan fingerprint density at radius 2 is 1.44 bits per heavy atom. The van der Waals surface area contributed by atoms with Crippen molar-refractivity contribution in [2.24, 2.45) is 0 Å². The highest BCUT2D eigenvalue weighted by atomic mass is 32.2. The topological polar surface area (TPSA) is 94.2 Å². The van der Waals surface area contributed by atoms with Crippen LogP contribution in [0, 0.1) is 0 Å². The molecular weight excluding hydrogens is 456 g/mol. The molecule has 34 heavy (non-hydrogen) atoms. The van der Waals surface area contributed by atoms with E-state index in [0.717, 1.165) is 5.56 Å². The molecular formula is C25H28N2O6S. The van der Waals surface area contributed by atoms with Crippen molar-refractivity contribution >= 4 is 21.6 Å². The zero-order valence-electron chi connectivity index (χ0n) is 19.7. The first kappa shape index (κ1) is 24.9. The molecule has 0 aromatic heterocycles. The van der Waals surface area contributed by atoms with Gasteiger partial charge in [0.2, 0.25) is 5.75 Å². The average Bonchev–Trinajstić information content (AvgIpc) is 2.87. The molecule has 8 nitrogen and oxygen atoms in total. The standard InChI is InChI=1S/C25H28N2O6S/c1-17(19-15-22(31-3)24(33-5)23(16-19)32-4)26-25(28)18-11-13-21(14-12-18)34(29,30)27(2)20-9-7-6-8-10-20/h6-17H,1-5H3,(H,26,28). The molecule has 9 heteroatoms. The van der Waals surface area contributed by atoms with Gasteiger partial charge in [0, 0.05) is 12.6 Å². The minimum absolute atomic E-state index is 0.0908. The number of para-hydroxylation sites is 1. The Morgan fingerprint density at radius 3 is 1.94 bits per heavy atom. The van der Waals surface area contributed by atoms with Crippen LogP contribution in [0.3, 0.4) is 0 Å². The first-order valence-electron chi connectivity index (χ1n) is 10.5. The number of hydrogen-bond donors (Lipinski definition) is 1. The predicted molar refractivity (Wildman–Crippen MR) is 130 cm³/mol. The second-order valence-electron chi connectivity index (χ2n) is 7.49. The van der Waals surface area contributed by atoms with Gasteiger partial charge in [0.05, 0.1) is 38.0 Å². The third kappa shape index (κ3) is 5.09. The number of carbonyl (C=O) groups excluding carboxylic acids is 1. The Balaban J connectivity index is 1.77. The fourth-order valence-electron chi connectivity index (χ4n) is 3.43. The van der Waals surface area contributed by atoms with Crippen molar-refractivity contribution in [3.05, 3.63) is 77.9 Å². The maximum atomic E-state index is 12.9. The average molecular weight is 485 g/mol. The Bertz CT molecular complexity index is 1220. The molecule has 0 radical (unpaired) electrons. The zero-order chi connectivity index (χ0) is 24.9. The molecule has 0 saturated carbocycles. The number of rotatable bonds is 9. The van der Waals surface area contributed by atoms with Crippen LogP contribution in [-0.2, 0) is 10.0 Å². The van der Waals surface area contributed by atoms with Gasteiger partial charge in [-0.25, -0.2) is 8.42 Å². The lowest BCUT2D eigenvalue weighted by atomic mass is 10.1. The second-order valence-corrected chi connectivity index (χ2v) is 9.46. The SMILES string of the molecule is COc1cc(C(C)NC(=O)c2ccc(S(=O)(=O)N(C)c3ccccc3)cc2)cc(OC)c1OC. The van der Waals surface area contributed by atoms with Crippen LogP contribution in [-0.4, -0.2) is 42.7 Å². The van der Waals surface area contributed by atoms with Crippen molar-refractivity contribution in [1.82, 2.24) is 5.32 Å². The number of anilines is 1. The molecule has 1 atom stereocenters. The van der Waals surface area contributed by atoms with Crippen molar-refractivity contribution < 1.29 is 27.4 Å². The lowest BCUT2D eigenvalue weighted by molar-refractivity contribution is 0.0939. The molecule has 0 heterocycles. The molecule has 0 saturated heterocycles. The number of ether oxygens (including phenoxy) is 3. The lowest BCUT2D eigenvalue weighted by Gasteiger charge is -2.20. The van der Waals surface area contributed by atoms with E-state index in [1.54, 1.807) is 36.4 Å². The third-order valence-electron chi connectivity index (χ3n) is 5.43. The van der Waals surface area contributed by atoms with E-state index < -0.39 is 10.0 Å². The first-order valence-corrected chi connectivity index (χ1v) is 11.9. The molecule has 1 unspecified atom stereocenters. The summed E-state index contributed by atoms with van der Waals surface area (Å²) >= 11 is 0. The molecule has 3 aromatic carbocycles. The van der Waals surface area contributed by atoms with E-state index in [4.69, 9.17) is 14.2 Å². The maximum Gasteiger partial charge on any atom is 0.264 e.